The van der Waals surface area contributed by atoms with Crippen LogP contribution in [0.5, 0.6) is 0 Å². The number of hydrogen-bond donors (Lipinski definition) is 1. The van der Waals surface area contributed by atoms with E-state index in [0.717, 1.165) is 19.4 Å². The van der Waals surface area contributed by atoms with Gasteiger partial charge in [0.1, 0.15) is 12.0 Å². The molecule has 6 nitrogen and oxygen atoms in total. The predicted octanol–water partition coefficient (Wildman–Crippen LogP) is 2.91. The quantitative estimate of drug-likeness (QED) is 0.677. The van der Waals surface area contributed by atoms with Crippen LogP contribution in [0.25, 0.3) is 0 Å². The maximum Gasteiger partial charge on any atom is 0.290 e. The van der Waals surface area contributed by atoms with Crippen molar-refractivity contribution < 1.29 is 9.66 Å². The Bertz CT molecular complexity index is 491. The van der Waals surface area contributed by atoms with Crippen molar-refractivity contribution in [1.29, 1.82) is 0 Å². The summed E-state index contributed by atoms with van der Waals surface area (Å²) in [5.41, 5.74) is 0.683. The van der Waals surface area contributed by atoms with E-state index in [-0.39, 0.29) is 11.8 Å². The van der Waals surface area contributed by atoms with Crippen LogP contribution in [0.1, 0.15) is 32.3 Å². The minimum absolute atomic E-state index is 0.0579. The molecule has 1 aromatic heterocycles. The minimum atomic E-state index is -0.407. The molecule has 0 amide bonds. The van der Waals surface area contributed by atoms with Crippen molar-refractivity contribution in [1.82, 2.24) is 4.98 Å². The molecule has 1 aromatic rings. The molecule has 0 radical (unpaired) electrons. The molecule has 6 heteroatoms. The Labute approximate surface area is 118 Å². The Kier molecular flexibility index (Phi) is 4.54. The average molecular weight is 279 g/mol. The second kappa shape index (κ2) is 6.17. The number of aryl methyl sites for hydroxylation is 1. The molecule has 2 heterocycles. The summed E-state index contributed by atoms with van der Waals surface area (Å²) >= 11 is 0. The number of ether oxygens (including phenoxy) is 1. The van der Waals surface area contributed by atoms with Gasteiger partial charge in [-0.15, -0.1) is 0 Å². The van der Waals surface area contributed by atoms with Crippen molar-refractivity contribution in [2.24, 2.45) is 5.92 Å². The standard InChI is InChI=1S/C14H21N3O3/c1-9(2)13-7-11(4-5-20-13)16-14-6-10(3)12(8-15-14)17(18)19/h6,8-9,11,13H,4-5,7H2,1-3H3,(H,15,16)/t11-,13+/m1/s1. The van der Waals surface area contributed by atoms with Crippen molar-refractivity contribution in [2.45, 2.75) is 45.8 Å². The monoisotopic (exact) mass is 279 g/mol. The molecule has 1 aliphatic rings. The summed E-state index contributed by atoms with van der Waals surface area (Å²) in [6.07, 6.45) is 3.45. The van der Waals surface area contributed by atoms with Gasteiger partial charge in [-0.1, -0.05) is 13.8 Å². The molecular weight excluding hydrogens is 258 g/mol. The Hall–Kier alpha value is -1.69. The SMILES string of the molecule is Cc1cc(N[C@@H]2CCO[C@H](C(C)C)C2)ncc1[N+](=O)[O-]. The average Bonchev–Trinajstić information content (AvgIpc) is 2.38. The van der Waals surface area contributed by atoms with E-state index in [9.17, 15) is 10.1 Å². The van der Waals surface area contributed by atoms with Crippen LogP contribution in [-0.2, 0) is 4.74 Å². The van der Waals surface area contributed by atoms with Crippen molar-refractivity contribution in [3.05, 3.63) is 27.9 Å². The first-order valence-corrected chi connectivity index (χ1v) is 6.96. The Morgan fingerprint density at radius 2 is 2.30 bits per heavy atom. The van der Waals surface area contributed by atoms with Gasteiger partial charge < -0.3 is 10.1 Å². The van der Waals surface area contributed by atoms with E-state index in [0.29, 0.717) is 23.3 Å². The van der Waals surface area contributed by atoms with Crippen LogP contribution in [0.3, 0.4) is 0 Å². The summed E-state index contributed by atoms with van der Waals surface area (Å²) < 4.78 is 5.73. The number of rotatable bonds is 4. The molecule has 1 N–H and O–H groups in total. The first-order valence-electron chi connectivity index (χ1n) is 6.96. The molecule has 0 bridgehead atoms. The first-order chi connectivity index (χ1) is 9.47. The van der Waals surface area contributed by atoms with E-state index < -0.39 is 4.92 Å². The van der Waals surface area contributed by atoms with Crippen LogP contribution in [0.4, 0.5) is 11.5 Å². The van der Waals surface area contributed by atoms with E-state index in [1.165, 1.54) is 6.20 Å². The van der Waals surface area contributed by atoms with Crippen LogP contribution < -0.4 is 5.32 Å². The number of nitrogens with one attached hydrogen (secondary N) is 1. The zero-order valence-electron chi connectivity index (χ0n) is 12.1. The van der Waals surface area contributed by atoms with Gasteiger partial charge in [0.2, 0.25) is 0 Å². The van der Waals surface area contributed by atoms with E-state index in [1.807, 2.05) is 0 Å². The van der Waals surface area contributed by atoms with E-state index in [2.05, 4.69) is 24.1 Å². The van der Waals surface area contributed by atoms with Crippen molar-refractivity contribution in [3.63, 3.8) is 0 Å². The lowest BCUT2D eigenvalue weighted by Gasteiger charge is -2.32. The van der Waals surface area contributed by atoms with Crippen LogP contribution in [-0.4, -0.2) is 28.7 Å². The number of nitrogens with zero attached hydrogens (tertiary/aromatic N) is 2. The normalized spacial score (nSPS) is 22.8. The fourth-order valence-electron chi connectivity index (χ4n) is 2.45. The molecular formula is C14H21N3O3. The lowest BCUT2D eigenvalue weighted by molar-refractivity contribution is -0.385. The second-order valence-corrected chi connectivity index (χ2v) is 5.63. The lowest BCUT2D eigenvalue weighted by atomic mass is 9.95. The van der Waals surface area contributed by atoms with Gasteiger partial charge in [-0.05, 0) is 31.7 Å². The van der Waals surface area contributed by atoms with E-state index in [4.69, 9.17) is 4.74 Å². The highest BCUT2D eigenvalue weighted by Gasteiger charge is 2.25. The third-order valence-corrected chi connectivity index (χ3v) is 3.69. The smallest absolute Gasteiger partial charge is 0.290 e. The van der Waals surface area contributed by atoms with Crippen LogP contribution in [0.2, 0.25) is 0 Å². The van der Waals surface area contributed by atoms with Gasteiger partial charge in [-0.25, -0.2) is 4.98 Å². The van der Waals surface area contributed by atoms with Crippen LogP contribution in [0.15, 0.2) is 12.3 Å². The van der Waals surface area contributed by atoms with Crippen molar-refractivity contribution in [3.8, 4) is 0 Å². The summed E-state index contributed by atoms with van der Waals surface area (Å²) in [5, 5.41) is 14.1. The molecule has 0 saturated carbocycles. The van der Waals surface area contributed by atoms with Gasteiger partial charge in [0.05, 0.1) is 11.0 Å². The van der Waals surface area contributed by atoms with Gasteiger partial charge in [-0.2, -0.15) is 0 Å². The fraction of sp³-hybridized carbons (Fsp3) is 0.643. The summed E-state index contributed by atoms with van der Waals surface area (Å²) in [4.78, 5) is 14.5. The maximum atomic E-state index is 10.8. The zero-order valence-corrected chi connectivity index (χ0v) is 12.1. The van der Waals surface area contributed by atoms with Gasteiger partial charge in [-0.3, -0.25) is 10.1 Å². The summed E-state index contributed by atoms with van der Waals surface area (Å²) in [6.45, 7) is 6.78. The van der Waals surface area contributed by atoms with Gasteiger partial charge >= 0.3 is 0 Å². The third-order valence-electron chi connectivity index (χ3n) is 3.69. The van der Waals surface area contributed by atoms with Gasteiger partial charge in [0, 0.05) is 18.2 Å². The van der Waals surface area contributed by atoms with E-state index in [1.54, 1.807) is 13.0 Å². The molecule has 2 atom stereocenters. The molecule has 0 unspecified atom stereocenters. The molecule has 110 valence electrons. The molecule has 0 spiro atoms. The van der Waals surface area contributed by atoms with E-state index >= 15 is 0 Å². The molecule has 2 rings (SSSR count). The van der Waals surface area contributed by atoms with Crippen molar-refractivity contribution in [2.75, 3.05) is 11.9 Å². The third kappa shape index (κ3) is 3.45. The maximum absolute atomic E-state index is 10.8. The topological polar surface area (TPSA) is 77.3 Å². The Morgan fingerprint density at radius 1 is 1.55 bits per heavy atom. The number of aromatic nitrogens is 1. The van der Waals surface area contributed by atoms with Gasteiger partial charge in [0.25, 0.3) is 5.69 Å². The zero-order chi connectivity index (χ0) is 14.7. The highest BCUT2D eigenvalue weighted by molar-refractivity contribution is 5.47. The number of hydrogen-bond acceptors (Lipinski definition) is 5. The fourth-order valence-corrected chi connectivity index (χ4v) is 2.45. The molecule has 0 aliphatic carbocycles. The van der Waals surface area contributed by atoms with Gasteiger partial charge in [0.15, 0.2) is 0 Å². The number of nitro groups is 1. The summed E-state index contributed by atoms with van der Waals surface area (Å²) in [5.74, 6) is 1.19. The second-order valence-electron chi connectivity index (χ2n) is 5.63. The highest BCUT2D eigenvalue weighted by atomic mass is 16.6. The Balaban J connectivity index is 2.03. The lowest BCUT2D eigenvalue weighted by Crippen LogP contribution is -2.36. The van der Waals surface area contributed by atoms with Crippen LogP contribution >= 0.6 is 0 Å². The minimum Gasteiger partial charge on any atom is -0.378 e. The Morgan fingerprint density at radius 3 is 2.90 bits per heavy atom. The molecule has 20 heavy (non-hydrogen) atoms. The summed E-state index contributed by atoms with van der Waals surface area (Å²) in [6, 6.07) is 2.04. The molecule has 1 fully saturated rings. The summed E-state index contributed by atoms with van der Waals surface area (Å²) in [7, 11) is 0. The molecule has 1 saturated heterocycles. The molecule has 0 aromatic carbocycles. The largest absolute Gasteiger partial charge is 0.378 e. The first kappa shape index (κ1) is 14.7. The van der Waals surface area contributed by atoms with Crippen LogP contribution in [0, 0.1) is 23.0 Å². The highest BCUT2D eigenvalue weighted by Crippen LogP contribution is 2.24. The van der Waals surface area contributed by atoms with Crippen molar-refractivity contribution >= 4 is 11.5 Å². The molecule has 1 aliphatic heterocycles. The predicted molar refractivity (Wildman–Crippen MR) is 76.9 cm³/mol. The number of pyridine rings is 1. The number of anilines is 1.